The van der Waals surface area contributed by atoms with Gasteiger partial charge in [0.2, 0.25) is 0 Å². The quantitative estimate of drug-likeness (QED) is 0.859. The highest BCUT2D eigenvalue weighted by Crippen LogP contribution is 2.42. The van der Waals surface area contributed by atoms with Crippen LogP contribution in [0.2, 0.25) is 0 Å². The fourth-order valence-corrected chi connectivity index (χ4v) is 3.49. The van der Waals surface area contributed by atoms with Gasteiger partial charge in [0, 0.05) is 22.9 Å². The highest BCUT2D eigenvalue weighted by molar-refractivity contribution is 8.00. The molecule has 1 saturated carbocycles. The number of nitrogens with zero attached hydrogens (tertiary/aromatic N) is 1. The van der Waals surface area contributed by atoms with E-state index in [9.17, 15) is 0 Å². The van der Waals surface area contributed by atoms with E-state index in [-0.39, 0.29) is 0 Å². The molecule has 0 aromatic carbocycles. The zero-order valence-electron chi connectivity index (χ0n) is 9.32. The lowest BCUT2D eigenvalue weighted by molar-refractivity contribution is 0.334. The molecule has 2 nitrogen and oxygen atoms in total. The number of hydrogen-bond acceptors (Lipinski definition) is 4. The van der Waals surface area contributed by atoms with Crippen LogP contribution < -0.4 is 5.32 Å². The van der Waals surface area contributed by atoms with E-state index in [0.29, 0.717) is 10.8 Å². The number of hydrogen-bond donors (Lipinski definition) is 1. The Labute approximate surface area is 99.9 Å². The van der Waals surface area contributed by atoms with Crippen molar-refractivity contribution in [3.05, 3.63) is 16.6 Å². The molecule has 1 aliphatic rings. The van der Waals surface area contributed by atoms with Gasteiger partial charge >= 0.3 is 0 Å². The van der Waals surface area contributed by atoms with Gasteiger partial charge in [0.15, 0.2) is 0 Å². The molecule has 0 saturated heterocycles. The van der Waals surface area contributed by atoms with Crippen LogP contribution in [0.25, 0.3) is 0 Å². The highest BCUT2D eigenvalue weighted by Gasteiger charge is 2.36. The van der Waals surface area contributed by atoms with Crippen LogP contribution in [0.1, 0.15) is 37.2 Å². The van der Waals surface area contributed by atoms with Crippen molar-refractivity contribution in [2.24, 2.45) is 0 Å². The number of thioether (sulfide) groups is 1. The van der Waals surface area contributed by atoms with E-state index in [2.05, 4.69) is 23.5 Å². The van der Waals surface area contributed by atoms with Crippen molar-refractivity contribution in [3.63, 3.8) is 0 Å². The predicted molar refractivity (Wildman–Crippen MR) is 68.6 cm³/mol. The Hall–Kier alpha value is -0.0600. The molecular formula is C11H18N2S2. The van der Waals surface area contributed by atoms with Gasteiger partial charge in [-0.15, -0.1) is 11.3 Å². The molecule has 0 radical (unpaired) electrons. The average molecular weight is 242 g/mol. The third-order valence-corrected chi connectivity index (χ3v) is 5.63. The lowest BCUT2D eigenvalue weighted by Gasteiger charge is -2.41. The third-order valence-electron chi connectivity index (χ3n) is 3.25. The van der Waals surface area contributed by atoms with E-state index in [1.807, 2.05) is 23.3 Å². The summed E-state index contributed by atoms with van der Waals surface area (Å²) >= 11 is 3.75. The second kappa shape index (κ2) is 4.85. The van der Waals surface area contributed by atoms with Gasteiger partial charge in [-0.1, -0.05) is 6.42 Å². The Morgan fingerprint density at radius 1 is 1.67 bits per heavy atom. The zero-order valence-corrected chi connectivity index (χ0v) is 11.0. The average Bonchev–Trinajstić information content (AvgIpc) is 2.69. The Morgan fingerprint density at radius 2 is 2.47 bits per heavy atom. The zero-order chi connectivity index (χ0) is 10.7. The molecule has 0 amide bonds. The van der Waals surface area contributed by atoms with Gasteiger partial charge < -0.3 is 5.32 Å². The third kappa shape index (κ3) is 2.55. The van der Waals surface area contributed by atoms with E-state index in [1.54, 1.807) is 11.3 Å². The molecule has 84 valence electrons. The monoisotopic (exact) mass is 242 g/mol. The summed E-state index contributed by atoms with van der Waals surface area (Å²) < 4.78 is 0.519. The van der Waals surface area contributed by atoms with Crippen LogP contribution in [0.15, 0.2) is 11.6 Å². The van der Waals surface area contributed by atoms with Gasteiger partial charge in [-0.2, -0.15) is 11.8 Å². The molecule has 0 bridgehead atoms. The largest absolute Gasteiger partial charge is 0.307 e. The first-order valence-electron chi connectivity index (χ1n) is 5.44. The fraction of sp³-hybridized carbons (Fsp3) is 0.727. The SMILES string of the molecule is CSC1(CNC(C)c2nccs2)CCC1. The molecule has 0 aliphatic heterocycles. The second-order valence-electron chi connectivity index (χ2n) is 4.21. The molecular weight excluding hydrogens is 224 g/mol. The van der Waals surface area contributed by atoms with Crippen molar-refractivity contribution in [1.29, 1.82) is 0 Å². The Bertz CT molecular complexity index is 288. The van der Waals surface area contributed by atoms with Gasteiger partial charge in [-0.3, -0.25) is 0 Å². The van der Waals surface area contributed by atoms with Crippen LogP contribution in [0.3, 0.4) is 0 Å². The summed E-state index contributed by atoms with van der Waals surface area (Å²) in [5.74, 6) is 0. The number of thiazole rings is 1. The van der Waals surface area contributed by atoms with E-state index >= 15 is 0 Å². The smallest absolute Gasteiger partial charge is 0.109 e. The Morgan fingerprint density at radius 3 is 2.93 bits per heavy atom. The van der Waals surface area contributed by atoms with Gasteiger partial charge in [-0.05, 0) is 26.0 Å². The normalized spacial score (nSPS) is 20.9. The standard InChI is InChI=1S/C11H18N2S2/c1-9(10-12-6-7-15-10)13-8-11(14-2)4-3-5-11/h6-7,9,13H,3-5,8H2,1-2H3. The van der Waals surface area contributed by atoms with Crippen molar-refractivity contribution in [2.75, 3.05) is 12.8 Å². The maximum absolute atomic E-state index is 4.34. The summed E-state index contributed by atoms with van der Waals surface area (Å²) in [4.78, 5) is 4.34. The van der Waals surface area contributed by atoms with E-state index in [4.69, 9.17) is 0 Å². The summed E-state index contributed by atoms with van der Waals surface area (Å²) in [5, 5.41) is 6.85. The summed E-state index contributed by atoms with van der Waals surface area (Å²) in [7, 11) is 0. The van der Waals surface area contributed by atoms with Crippen molar-refractivity contribution in [3.8, 4) is 0 Å². The van der Waals surface area contributed by atoms with Crippen LogP contribution in [0.4, 0.5) is 0 Å². The summed E-state index contributed by atoms with van der Waals surface area (Å²) in [5.41, 5.74) is 0. The molecule has 1 atom stereocenters. The first kappa shape index (κ1) is 11.4. The van der Waals surface area contributed by atoms with Crippen LogP contribution in [-0.2, 0) is 0 Å². The van der Waals surface area contributed by atoms with Gasteiger partial charge in [0.25, 0.3) is 0 Å². The molecule has 2 rings (SSSR count). The minimum Gasteiger partial charge on any atom is -0.307 e. The van der Waals surface area contributed by atoms with Gasteiger partial charge in [-0.25, -0.2) is 4.98 Å². The first-order valence-corrected chi connectivity index (χ1v) is 7.54. The number of nitrogens with one attached hydrogen (secondary N) is 1. The minimum atomic E-state index is 0.398. The molecule has 1 aliphatic carbocycles. The summed E-state index contributed by atoms with van der Waals surface area (Å²) in [6.07, 6.45) is 8.24. The van der Waals surface area contributed by atoms with Crippen molar-refractivity contribution in [1.82, 2.24) is 10.3 Å². The summed E-state index contributed by atoms with van der Waals surface area (Å²) in [6, 6.07) is 0.398. The highest BCUT2D eigenvalue weighted by atomic mass is 32.2. The Balaban J connectivity index is 1.82. The summed E-state index contributed by atoms with van der Waals surface area (Å²) in [6.45, 7) is 3.32. The van der Waals surface area contributed by atoms with Gasteiger partial charge in [0.05, 0.1) is 6.04 Å². The lowest BCUT2D eigenvalue weighted by atomic mass is 9.84. The fourth-order valence-electron chi connectivity index (χ4n) is 1.90. The molecule has 1 aromatic rings. The van der Waals surface area contributed by atoms with Crippen molar-refractivity contribution < 1.29 is 0 Å². The molecule has 15 heavy (non-hydrogen) atoms. The maximum Gasteiger partial charge on any atom is 0.109 e. The molecule has 1 N–H and O–H groups in total. The van der Waals surface area contributed by atoms with Crippen molar-refractivity contribution in [2.45, 2.75) is 37.0 Å². The molecule has 0 spiro atoms. The number of rotatable bonds is 5. The Kier molecular flexibility index (Phi) is 3.69. The molecule has 1 unspecified atom stereocenters. The van der Waals surface area contributed by atoms with E-state index in [0.717, 1.165) is 6.54 Å². The van der Waals surface area contributed by atoms with Crippen LogP contribution >= 0.6 is 23.1 Å². The minimum absolute atomic E-state index is 0.398. The topological polar surface area (TPSA) is 24.9 Å². The second-order valence-corrected chi connectivity index (χ2v) is 6.41. The maximum atomic E-state index is 4.34. The number of aromatic nitrogens is 1. The predicted octanol–water partition coefficient (Wildman–Crippen LogP) is 3.08. The lowest BCUT2D eigenvalue weighted by Crippen LogP contribution is -2.43. The van der Waals surface area contributed by atoms with E-state index in [1.165, 1.54) is 24.3 Å². The van der Waals surface area contributed by atoms with Gasteiger partial charge in [0.1, 0.15) is 5.01 Å². The first-order chi connectivity index (χ1) is 7.26. The molecule has 4 heteroatoms. The van der Waals surface area contributed by atoms with Crippen molar-refractivity contribution >= 4 is 23.1 Å². The molecule has 1 fully saturated rings. The van der Waals surface area contributed by atoms with Crippen LogP contribution in [-0.4, -0.2) is 22.5 Å². The molecule has 1 heterocycles. The van der Waals surface area contributed by atoms with Crippen LogP contribution in [0, 0.1) is 0 Å². The van der Waals surface area contributed by atoms with E-state index < -0.39 is 0 Å². The van der Waals surface area contributed by atoms with Crippen LogP contribution in [0.5, 0.6) is 0 Å². The molecule has 1 aromatic heterocycles.